The highest BCUT2D eigenvalue weighted by Gasteiger charge is 2.27. The second-order valence-corrected chi connectivity index (χ2v) is 6.17. The molecule has 0 radical (unpaired) electrons. The van der Waals surface area contributed by atoms with Crippen molar-refractivity contribution in [2.75, 3.05) is 19.8 Å². The number of amides is 2. The Kier molecular flexibility index (Phi) is 6.45. The van der Waals surface area contributed by atoms with Gasteiger partial charge in [0.05, 0.1) is 13.2 Å². The third-order valence-electron chi connectivity index (χ3n) is 4.42. The zero-order valence-electron chi connectivity index (χ0n) is 12.6. The molecular formula is C15H27N3O3. The molecule has 2 unspecified atom stereocenters. The van der Waals surface area contributed by atoms with Crippen LogP contribution in [0.5, 0.6) is 0 Å². The number of primary amides is 1. The molecule has 120 valence electrons. The van der Waals surface area contributed by atoms with Crippen molar-refractivity contribution in [3.05, 3.63) is 0 Å². The van der Waals surface area contributed by atoms with E-state index >= 15 is 0 Å². The molecule has 1 saturated heterocycles. The smallest absolute Gasteiger partial charge is 0.221 e. The zero-order chi connectivity index (χ0) is 15.1. The van der Waals surface area contributed by atoms with Crippen LogP contribution < -0.4 is 16.4 Å². The van der Waals surface area contributed by atoms with Gasteiger partial charge in [-0.25, -0.2) is 0 Å². The van der Waals surface area contributed by atoms with Crippen LogP contribution in [0.3, 0.4) is 0 Å². The van der Waals surface area contributed by atoms with E-state index in [1.807, 2.05) is 0 Å². The predicted octanol–water partition coefficient (Wildman–Crippen LogP) is 0.305. The van der Waals surface area contributed by atoms with E-state index in [9.17, 15) is 9.59 Å². The van der Waals surface area contributed by atoms with E-state index in [2.05, 4.69) is 10.6 Å². The van der Waals surface area contributed by atoms with E-state index in [-0.39, 0.29) is 30.3 Å². The van der Waals surface area contributed by atoms with Gasteiger partial charge >= 0.3 is 0 Å². The standard InChI is InChI=1S/C15H27N3O3/c16-14(19)9-13(11-4-2-1-3-5-11)18-15(20)8-12-10-21-7-6-17-12/h11-13,17H,1-10H2,(H2,16,19)(H,18,20). The van der Waals surface area contributed by atoms with E-state index in [1.165, 1.54) is 19.3 Å². The average Bonchev–Trinajstić information content (AvgIpc) is 2.48. The second-order valence-electron chi connectivity index (χ2n) is 6.17. The minimum atomic E-state index is -0.343. The molecule has 0 aromatic carbocycles. The van der Waals surface area contributed by atoms with E-state index in [1.54, 1.807) is 0 Å². The highest BCUT2D eigenvalue weighted by molar-refractivity contribution is 5.79. The first-order valence-corrected chi connectivity index (χ1v) is 8.04. The summed E-state index contributed by atoms with van der Waals surface area (Å²) in [5.74, 6) is 0.0191. The highest BCUT2D eigenvalue weighted by Crippen LogP contribution is 2.27. The normalized spacial score (nSPS) is 25.2. The van der Waals surface area contributed by atoms with Crippen molar-refractivity contribution in [1.29, 1.82) is 0 Å². The molecule has 21 heavy (non-hydrogen) atoms. The van der Waals surface area contributed by atoms with Crippen molar-refractivity contribution >= 4 is 11.8 Å². The van der Waals surface area contributed by atoms with Crippen molar-refractivity contribution in [3.8, 4) is 0 Å². The van der Waals surface area contributed by atoms with Crippen molar-refractivity contribution < 1.29 is 14.3 Å². The fourth-order valence-electron chi connectivity index (χ4n) is 3.33. The minimum absolute atomic E-state index is 0.0187. The van der Waals surface area contributed by atoms with Gasteiger partial charge in [-0.3, -0.25) is 9.59 Å². The van der Waals surface area contributed by atoms with Crippen LogP contribution in [-0.2, 0) is 14.3 Å². The Hall–Kier alpha value is -1.14. The SMILES string of the molecule is NC(=O)CC(NC(=O)CC1COCCN1)C1CCCCC1. The Labute approximate surface area is 126 Å². The lowest BCUT2D eigenvalue weighted by molar-refractivity contribution is -0.124. The van der Waals surface area contributed by atoms with Gasteiger partial charge in [0.15, 0.2) is 0 Å². The molecule has 2 rings (SSSR count). The quantitative estimate of drug-likeness (QED) is 0.657. The van der Waals surface area contributed by atoms with E-state index in [0.717, 1.165) is 19.4 Å². The summed E-state index contributed by atoms with van der Waals surface area (Å²) in [5.41, 5.74) is 5.34. The third-order valence-corrected chi connectivity index (χ3v) is 4.42. The Morgan fingerprint density at radius 3 is 2.67 bits per heavy atom. The van der Waals surface area contributed by atoms with Crippen molar-refractivity contribution in [3.63, 3.8) is 0 Å². The maximum atomic E-state index is 12.2. The fraction of sp³-hybridized carbons (Fsp3) is 0.867. The fourth-order valence-corrected chi connectivity index (χ4v) is 3.33. The molecule has 1 aliphatic heterocycles. The largest absolute Gasteiger partial charge is 0.378 e. The summed E-state index contributed by atoms with van der Waals surface area (Å²) < 4.78 is 5.35. The number of carbonyl (C=O) groups excluding carboxylic acids is 2. The maximum Gasteiger partial charge on any atom is 0.221 e. The number of morpholine rings is 1. The summed E-state index contributed by atoms with van der Waals surface area (Å²) in [6.45, 7) is 2.05. The Balaban J connectivity index is 1.84. The lowest BCUT2D eigenvalue weighted by atomic mass is 9.82. The van der Waals surface area contributed by atoms with Crippen LogP contribution in [0.15, 0.2) is 0 Å². The number of hydrogen-bond acceptors (Lipinski definition) is 4. The molecule has 1 saturated carbocycles. The number of carbonyl (C=O) groups is 2. The van der Waals surface area contributed by atoms with Gasteiger partial charge in [-0.1, -0.05) is 19.3 Å². The van der Waals surface area contributed by atoms with Gasteiger partial charge in [0.2, 0.25) is 11.8 Å². The molecular weight excluding hydrogens is 270 g/mol. The Morgan fingerprint density at radius 2 is 2.05 bits per heavy atom. The van der Waals surface area contributed by atoms with Gasteiger partial charge < -0.3 is 21.1 Å². The van der Waals surface area contributed by atoms with Crippen LogP contribution in [0, 0.1) is 5.92 Å². The molecule has 6 heteroatoms. The summed E-state index contributed by atoms with van der Waals surface area (Å²) in [5, 5.41) is 6.30. The summed E-state index contributed by atoms with van der Waals surface area (Å²) >= 11 is 0. The lowest BCUT2D eigenvalue weighted by Crippen LogP contribution is -2.48. The number of nitrogens with one attached hydrogen (secondary N) is 2. The predicted molar refractivity (Wildman–Crippen MR) is 79.5 cm³/mol. The van der Waals surface area contributed by atoms with Gasteiger partial charge in [0, 0.05) is 31.5 Å². The number of hydrogen-bond donors (Lipinski definition) is 3. The van der Waals surface area contributed by atoms with Crippen molar-refractivity contribution in [2.24, 2.45) is 11.7 Å². The molecule has 0 aromatic heterocycles. The number of ether oxygens (including phenoxy) is 1. The van der Waals surface area contributed by atoms with E-state index in [4.69, 9.17) is 10.5 Å². The number of rotatable bonds is 6. The lowest BCUT2D eigenvalue weighted by Gasteiger charge is -2.31. The van der Waals surface area contributed by atoms with Crippen molar-refractivity contribution in [1.82, 2.24) is 10.6 Å². The first-order chi connectivity index (χ1) is 10.1. The molecule has 2 aliphatic rings. The van der Waals surface area contributed by atoms with Gasteiger partial charge in [0.1, 0.15) is 0 Å². The Morgan fingerprint density at radius 1 is 1.29 bits per heavy atom. The topological polar surface area (TPSA) is 93.5 Å². The van der Waals surface area contributed by atoms with E-state index < -0.39 is 0 Å². The monoisotopic (exact) mass is 297 g/mol. The molecule has 0 aromatic rings. The zero-order valence-corrected chi connectivity index (χ0v) is 12.6. The van der Waals surface area contributed by atoms with Gasteiger partial charge in [0.25, 0.3) is 0 Å². The molecule has 1 heterocycles. The molecule has 1 aliphatic carbocycles. The summed E-state index contributed by atoms with van der Waals surface area (Å²) in [4.78, 5) is 23.4. The number of nitrogens with two attached hydrogens (primary N) is 1. The van der Waals surface area contributed by atoms with Crippen LogP contribution in [0.2, 0.25) is 0 Å². The minimum Gasteiger partial charge on any atom is -0.378 e. The first kappa shape index (κ1) is 16.2. The maximum absolute atomic E-state index is 12.2. The van der Waals surface area contributed by atoms with Crippen LogP contribution in [0.1, 0.15) is 44.9 Å². The Bertz CT molecular complexity index is 350. The van der Waals surface area contributed by atoms with Crippen LogP contribution >= 0.6 is 0 Å². The highest BCUT2D eigenvalue weighted by atomic mass is 16.5. The van der Waals surface area contributed by atoms with Gasteiger partial charge in [-0.2, -0.15) is 0 Å². The third kappa shape index (κ3) is 5.63. The second kappa shape index (κ2) is 8.34. The van der Waals surface area contributed by atoms with Gasteiger partial charge in [-0.15, -0.1) is 0 Å². The first-order valence-electron chi connectivity index (χ1n) is 8.04. The molecule has 6 nitrogen and oxygen atoms in total. The van der Waals surface area contributed by atoms with Crippen LogP contribution in [0.25, 0.3) is 0 Å². The molecule has 2 fully saturated rings. The van der Waals surface area contributed by atoms with Crippen molar-refractivity contribution in [2.45, 2.75) is 57.0 Å². The molecule has 0 spiro atoms. The van der Waals surface area contributed by atoms with Crippen LogP contribution in [0.4, 0.5) is 0 Å². The summed E-state index contributed by atoms with van der Waals surface area (Å²) in [6, 6.07) is -0.0425. The van der Waals surface area contributed by atoms with E-state index in [0.29, 0.717) is 25.6 Å². The molecule has 2 atom stereocenters. The average molecular weight is 297 g/mol. The molecule has 0 bridgehead atoms. The molecule has 4 N–H and O–H groups in total. The summed E-state index contributed by atoms with van der Waals surface area (Å²) in [7, 11) is 0. The summed E-state index contributed by atoms with van der Waals surface area (Å²) in [6.07, 6.45) is 6.37. The van der Waals surface area contributed by atoms with Crippen LogP contribution in [-0.4, -0.2) is 43.7 Å². The van der Waals surface area contributed by atoms with Gasteiger partial charge in [-0.05, 0) is 18.8 Å². The molecule has 2 amide bonds.